The van der Waals surface area contributed by atoms with E-state index >= 15 is 0 Å². The minimum Gasteiger partial charge on any atom is -0.465 e. The third-order valence-electron chi connectivity index (χ3n) is 3.77. The molecule has 1 aliphatic carbocycles. The van der Waals surface area contributed by atoms with E-state index in [9.17, 15) is 4.79 Å². The zero-order valence-corrected chi connectivity index (χ0v) is 12.2. The molecular formula is C14H22N2O4. The van der Waals surface area contributed by atoms with E-state index in [2.05, 4.69) is 10.1 Å². The first-order chi connectivity index (χ1) is 9.73. The molecule has 1 heterocycles. The summed E-state index contributed by atoms with van der Waals surface area (Å²) in [7, 11) is 1.57. The molecule has 20 heavy (non-hydrogen) atoms. The highest BCUT2D eigenvalue weighted by Crippen LogP contribution is 2.38. The number of esters is 1. The monoisotopic (exact) mass is 282 g/mol. The predicted octanol–water partition coefficient (Wildman–Crippen LogP) is 2.37. The first-order valence-corrected chi connectivity index (χ1v) is 7.22. The van der Waals surface area contributed by atoms with Gasteiger partial charge >= 0.3 is 5.97 Å². The molecule has 0 atom stereocenters. The number of ether oxygens (including phenoxy) is 2. The zero-order valence-electron chi connectivity index (χ0n) is 12.2. The van der Waals surface area contributed by atoms with E-state index in [0.717, 1.165) is 25.7 Å². The van der Waals surface area contributed by atoms with Crippen LogP contribution in [0, 0.1) is 0 Å². The van der Waals surface area contributed by atoms with Gasteiger partial charge in [-0.3, -0.25) is 4.79 Å². The molecule has 0 bridgehead atoms. The molecule has 0 unspecified atom stereocenters. The van der Waals surface area contributed by atoms with Crippen molar-refractivity contribution in [3.05, 3.63) is 11.7 Å². The van der Waals surface area contributed by atoms with Gasteiger partial charge in [0, 0.05) is 7.11 Å². The van der Waals surface area contributed by atoms with Crippen LogP contribution in [0.3, 0.4) is 0 Å². The number of carbonyl (C=O) groups is 1. The molecule has 6 nitrogen and oxygen atoms in total. The van der Waals surface area contributed by atoms with Gasteiger partial charge in [0.15, 0.2) is 5.82 Å². The third kappa shape index (κ3) is 3.00. The van der Waals surface area contributed by atoms with Gasteiger partial charge in [-0.2, -0.15) is 4.98 Å². The highest BCUT2D eigenvalue weighted by molar-refractivity contribution is 5.81. The number of methoxy groups -OCH3 is 1. The summed E-state index contributed by atoms with van der Waals surface area (Å²) in [6, 6.07) is 0. The van der Waals surface area contributed by atoms with Crippen molar-refractivity contribution >= 4 is 5.97 Å². The van der Waals surface area contributed by atoms with E-state index in [1.807, 2.05) is 6.92 Å². The molecule has 1 aromatic rings. The minimum absolute atomic E-state index is 0.241. The lowest BCUT2D eigenvalue weighted by Crippen LogP contribution is -2.37. The van der Waals surface area contributed by atoms with Crippen LogP contribution in [0.5, 0.6) is 0 Å². The van der Waals surface area contributed by atoms with Gasteiger partial charge in [-0.15, -0.1) is 0 Å². The normalized spacial score (nSPS) is 18.5. The quantitative estimate of drug-likeness (QED) is 0.609. The van der Waals surface area contributed by atoms with Crippen molar-refractivity contribution in [1.82, 2.24) is 10.1 Å². The summed E-state index contributed by atoms with van der Waals surface area (Å²) in [5.41, 5.74) is -0.772. The first-order valence-electron chi connectivity index (χ1n) is 7.22. The Balaban J connectivity index is 2.30. The highest BCUT2D eigenvalue weighted by atomic mass is 16.5. The Morgan fingerprint density at radius 3 is 2.60 bits per heavy atom. The predicted molar refractivity (Wildman–Crippen MR) is 71.0 cm³/mol. The van der Waals surface area contributed by atoms with Crippen molar-refractivity contribution in [2.45, 2.75) is 57.5 Å². The summed E-state index contributed by atoms with van der Waals surface area (Å²) in [6.45, 7) is 2.45. The van der Waals surface area contributed by atoms with Gasteiger partial charge in [0.05, 0.1) is 6.61 Å². The van der Waals surface area contributed by atoms with Crippen LogP contribution in [0.2, 0.25) is 0 Å². The van der Waals surface area contributed by atoms with E-state index in [-0.39, 0.29) is 12.6 Å². The average Bonchev–Trinajstić information content (AvgIpc) is 2.76. The van der Waals surface area contributed by atoms with Gasteiger partial charge in [-0.25, -0.2) is 0 Å². The number of hydrogen-bond donors (Lipinski definition) is 0. The molecule has 0 N–H and O–H groups in total. The minimum atomic E-state index is -0.772. The Bertz CT molecular complexity index is 436. The fraction of sp³-hybridized carbons (Fsp3) is 0.786. The highest BCUT2D eigenvalue weighted by Gasteiger charge is 2.46. The van der Waals surface area contributed by atoms with Crippen LogP contribution < -0.4 is 0 Å². The molecule has 1 fully saturated rings. The van der Waals surface area contributed by atoms with Crippen molar-refractivity contribution in [2.24, 2.45) is 0 Å². The van der Waals surface area contributed by atoms with E-state index in [4.69, 9.17) is 14.0 Å². The van der Waals surface area contributed by atoms with Crippen LogP contribution in [-0.2, 0) is 26.3 Å². The summed E-state index contributed by atoms with van der Waals surface area (Å²) in [5, 5.41) is 3.88. The van der Waals surface area contributed by atoms with Crippen LogP contribution >= 0.6 is 0 Å². The molecule has 112 valence electrons. The number of carbonyl (C=O) groups excluding carboxylic acids is 1. The molecule has 0 aromatic carbocycles. The van der Waals surface area contributed by atoms with Crippen LogP contribution in [0.4, 0.5) is 0 Å². The summed E-state index contributed by atoms with van der Waals surface area (Å²) < 4.78 is 15.6. The van der Waals surface area contributed by atoms with Crippen molar-refractivity contribution < 1.29 is 18.8 Å². The maximum Gasteiger partial charge on any atom is 0.321 e. The van der Waals surface area contributed by atoms with Crippen LogP contribution in [-0.4, -0.2) is 29.8 Å². The molecule has 6 heteroatoms. The summed E-state index contributed by atoms with van der Waals surface area (Å²) >= 11 is 0. The van der Waals surface area contributed by atoms with Gasteiger partial charge in [0.2, 0.25) is 5.89 Å². The molecule has 0 aliphatic heterocycles. The largest absolute Gasteiger partial charge is 0.465 e. The molecular weight excluding hydrogens is 260 g/mol. The van der Waals surface area contributed by atoms with E-state index in [0.29, 0.717) is 31.2 Å². The number of hydrogen-bond acceptors (Lipinski definition) is 6. The Morgan fingerprint density at radius 2 is 2.00 bits per heavy atom. The van der Waals surface area contributed by atoms with Gasteiger partial charge in [-0.1, -0.05) is 30.8 Å². The van der Waals surface area contributed by atoms with Gasteiger partial charge in [0.1, 0.15) is 12.0 Å². The maximum absolute atomic E-state index is 12.5. The molecule has 0 saturated heterocycles. The second-order valence-electron chi connectivity index (χ2n) is 5.17. The van der Waals surface area contributed by atoms with Gasteiger partial charge < -0.3 is 14.0 Å². The Kier molecular flexibility index (Phi) is 5.11. The lowest BCUT2D eigenvalue weighted by atomic mass is 9.80. The molecule has 2 rings (SSSR count). The van der Waals surface area contributed by atoms with Crippen molar-refractivity contribution in [3.8, 4) is 0 Å². The molecule has 0 spiro atoms. The second kappa shape index (κ2) is 6.83. The third-order valence-corrected chi connectivity index (χ3v) is 3.77. The number of rotatable bonds is 5. The standard InChI is InChI=1S/C14H22N2O4/c1-3-19-13(17)14(8-6-4-5-7-9-14)12-15-11(10-18-2)16-20-12/h3-10H2,1-2H3. The van der Waals surface area contributed by atoms with Crippen LogP contribution in [0.15, 0.2) is 4.52 Å². The number of aromatic nitrogens is 2. The lowest BCUT2D eigenvalue weighted by Gasteiger charge is -2.25. The topological polar surface area (TPSA) is 74.5 Å². The van der Waals surface area contributed by atoms with Gasteiger partial charge in [0.25, 0.3) is 0 Å². The van der Waals surface area contributed by atoms with Crippen LogP contribution in [0.1, 0.15) is 57.2 Å². The lowest BCUT2D eigenvalue weighted by molar-refractivity contribution is -0.152. The maximum atomic E-state index is 12.5. The fourth-order valence-corrected chi connectivity index (χ4v) is 2.74. The Morgan fingerprint density at radius 1 is 1.30 bits per heavy atom. The Labute approximate surface area is 118 Å². The molecule has 1 saturated carbocycles. The molecule has 0 amide bonds. The summed E-state index contributed by atoms with van der Waals surface area (Å²) in [6.07, 6.45) is 5.61. The average molecular weight is 282 g/mol. The SMILES string of the molecule is CCOC(=O)C1(c2nc(COC)no2)CCCCCC1. The van der Waals surface area contributed by atoms with E-state index in [1.54, 1.807) is 7.11 Å². The van der Waals surface area contributed by atoms with Crippen molar-refractivity contribution in [1.29, 1.82) is 0 Å². The van der Waals surface area contributed by atoms with Crippen LogP contribution in [0.25, 0.3) is 0 Å². The molecule has 0 radical (unpaired) electrons. The van der Waals surface area contributed by atoms with Crippen molar-refractivity contribution in [3.63, 3.8) is 0 Å². The fourth-order valence-electron chi connectivity index (χ4n) is 2.74. The van der Waals surface area contributed by atoms with E-state index in [1.165, 1.54) is 0 Å². The summed E-state index contributed by atoms with van der Waals surface area (Å²) in [5.74, 6) is 0.606. The van der Waals surface area contributed by atoms with Crippen molar-refractivity contribution in [2.75, 3.05) is 13.7 Å². The molecule has 1 aliphatic rings. The smallest absolute Gasteiger partial charge is 0.321 e. The molecule has 1 aromatic heterocycles. The zero-order chi connectivity index (χ0) is 14.4. The van der Waals surface area contributed by atoms with Gasteiger partial charge in [-0.05, 0) is 19.8 Å². The first kappa shape index (κ1) is 15.0. The number of nitrogens with zero attached hydrogens (tertiary/aromatic N) is 2. The second-order valence-corrected chi connectivity index (χ2v) is 5.17. The summed E-state index contributed by atoms with van der Waals surface area (Å²) in [4.78, 5) is 16.8. The Hall–Kier alpha value is -1.43. The van der Waals surface area contributed by atoms with E-state index < -0.39 is 5.41 Å².